The Kier molecular flexibility index (Phi) is 6.25. The van der Waals surface area contributed by atoms with Crippen molar-refractivity contribution in [3.05, 3.63) is 59.2 Å². The van der Waals surface area contributed by atoms with Gasteiger partial charge in [-0.2, -0.15) is 10.2 Å². The van der Waals surface area contributed by atoms with Gasteiger partial charge >= 0.3 is 0 Å². The summed E-state index contributed by atoms with van der Waals surface area (Å²) in [5.41, 5.74) is 3.98. The second-order valence-corrected chi connectivity index (χ2v) is 7.98. The molecule has 8 nitrogen and oxygen atoms in total. The number of aromatic nitrogens is 4. The summed E-state index contributed by atoms with van der Waals surface area (Å²) in [4.78, 5) is 14.6. The van der Waals surface area contributed by atoms with Crippen LogP contribution < -0.4 is 9.47 Å². The van der Waals surface area contributed by atoms with E-state index < -0.39 is 0 Å². The molecule has 2 aromatic heterocycles. The first-order valence-electron chi connectivity index (χ1n) is 10.6. The van der Waals surface area contributed by atoms with Crippen molar-refractivity contribution in [2.75, 3.05) is 26.8 Å². The molecule has 1 aromatic carbocycles. The largest absolute Gasteiger partial charge is 0.493 e. The van der Waals surface area contributed by atoms with Gasteiger partial charge in [-0.25, -0.2) is 0 Å². The quantitative estimate of drug-likeness (QED) is 0.602. The fraction of sp³-hybridized carbons (Fsp3) is 0.435. The highest BCUT2D eigenvalue weighted by atomic mass is 16.5. The Labute approximate surface area is 182 Å². The lowest BCUT2D eigenvalue weighted by Crippen LogP contribution is -2.32. The van der Waals surface area contributed by atoms with Gasteiger partial charge in [0.1, 0.15) is 6.54 Å². The number of carbonyl (C=O) groups excluding carboxylic acids is 1. The van der Waals surface area contributed by atoms with Crippen molar-refractivity contribution in [2.45, 2.75) is 39.2 Å². The second kappa shape index (κ2) is 9.24. The summed E-state index contributed by atoms with van der Waals surface area (Å²) < 4.78 is 12.9. The van der Waals surface area contributed by atoms with Crippen LogP contribution in [0.3, 0.4) is 0 Å². The van der Waals surface area contributed by atoms with Gasteiger partial charge in [-0.3, -0.25) is 14.6 Å². The molecular weight excluding hydrogens is 394 g/mol. The van der Waals surface area contributed by atoms with Crippen LogP contribution in [0.5, 0.6) is 11.5 Å². The molecule has 0 bridgehead atoms. The van der Waals surface area contributed by atoms with Gasteiger partial charge < -0.3 is 14.4 Å². The lowest BCUT2D eigenvalue weighted by atomic mass is 10.0. The summed E-state index contributed by atoms with van der Waals surface area (Å²) in [6.45, 7) is 6.18. The van der Waals surface area contributed by atoms with Gasteiger partial charge in [-0.05, 0) is 44.5 Å². The Morgan fingerprint density at radius 2 is 2.03 bits per heavy atom. The molecule has 3 aromatic rings. The molecule has 4 rings (SSSR count). The van der Waals surface area contributed by atoms with Gasteiger partial charge in [0, 0.05) is 36.8 Å². The minimum absolute atomic E-state index is 0.106. The Morgan fingerprint density at radius 1 is 1.23 bits per heavy atom. The van der Waals surface area contributed by atoms with E-state index in [-0.39, 0.29) is 11.8 Å². The van der Waals surface area contributed by atoms with E-state index >= 15 is 0 Å². The normalized spacial score (nSPS) is 16.0. The van der Waals surface area contributed by atoms with Gasteiger partial charge in [0.2, 0.25) is 5.91 Å². The number of aromatic amines is 1. The third-order valence-corrected chi connectivity index (χ3v) is 5.70. The summed E-state index contributed by atoms with van der Waals surface area (Å²) in [5, 5.41) is 12.0. The molecule has 0 spiro atoms. The van der Waals surface area contributed by atoms with Gasteiger partial charge in [-0.1, -0.05) is 12.1 Å². The highest BCUT2D eigenvalue weighted by molar-refractivity contribution is 5.76. The highest BCUT2D eigenvalue weighted by Gasteiger charge is 2.29. The van der Waals surface area contributed by atoms with Crippen molar-refractivity contribution in [3.8, 4) is 11.5 Å². The molecule has 1 N–H and O–H groups in total. The first-order valence-corrected chi connectivity index (χ1v) is 10.6. The summed E-state index contributed by atoms with van der Waals surface area (Å²) in [6, 6.07) is 11.7. The van der Waals surface area contributed by atoms with Crippen molar-refractivity contribution in [3.63, 3.8) is 0 Å². The topological polar surface area (TPSA) is 85.3 Å². The zero-order chi connectivity index (χ0) is 21.8. The average Bonchev–Trinajstić information content (AvgIpc) is 3.49. The van der Waals surface area contributed by atoms with E-state index in [9.17, 15) is 4.79 Å². The molecule has 1 aliphatic heterocycles. The first-order chi connectivity index (χ1) is 15.0. The van der Waals surface area contributed by atoms with Crippen molar-refractivity contribution in [2.24, 2.45) is 0 Å². The molecule has 1 amide bonds. The lowest BCUT2D eigenvalue weighted by molar-refractivity contribution is -0.131. The number of nitrogens with one attached hydrogen (secondary N) is 1. The second-order valence-electron chi connectivity index (χ2n) is 7.98. The van der Waals surface area contributed by atoms with Crippen LogP contribution in [0.2, 0.25) is 0 Å². The summed E-state index contributed by atoms with van der Waals surface area (Å²) >= 11 is 0. The van der Waals surface area contributed by atoms with Crippen LogP contribution in [0.25, 0.3) is 0 Å². The summed E-state index contributed by atoms with van der Waals surface area (Å²) in [5.74, 6) is 1.82. The Balaban J connectivity index is 1.28. The SMILES string of the molecule is COc1ccccc1OCCc1cc([C@@H]2CCN(C(=O)Cn3nc(C)cc3C)C2)n[nH]1. The number of amides is 1. The maximum Gasteiger partial charge on any atom is 0.244 e. The van der Waals surface area contributed by atoms with Crippen molar-refractivity contribution in [1.29, 1.82) is 0 Å². The number of carbonyl (C=O) groups is 1. The van der Waals surface area contributed by atoms with Crippen LogP contribution in [0, 0.1) is 13.8 Å². The Hall–Kier alpha value is -3.29. The number of likely N-dealkylation sites (tertiary alicyclic amines) is 1. The zero-order valence-electron chi connectivity index (χ0n) is 18.3. The number of ether oxygens (including phenoxy) is 2. The van der Waals surface area contributed by atoms with Crippen LogP contribution in [0.15, 0.2) is 36.4 Å². The lowest BCUT2D eigenvalue weighted by Gasteiger charge is -2.16. The number of hydrogen-bond donors (Lipinski definition) is 1. The molecule has 1 aliphatic rings. The molecule has 1 fully saturated rings. The molecule has 31 heavy (non-hydrogen) atoms. The number of hydrogen-bond acceptors (Lipinski definition) is 5. The molecule has 3 heterocycles. The fourth-order valence-corrected chi connectivity index (χ4v) is 4.02. The van der Waals surface area contributed by atoms with Crippen molar-refractivity contribution < 1.29 is 14.3 Å². The van der Waals surface area contributed by atoms with Crippen LogP contribution in [0.4, 0.5) is 0 Å². The fourth-order valence-electron chi connectivity index (χ4n) is 4.02. The number of rotatable bonds is 8. The molecule has 0 aliphatic carbocycles. The monoisotopic (exact) mass is 423 g/mol. The van der Waals surface area contributed by atoms with Gasteiger partial charge in [0.05, 0.1) is 25.1 Å². The number of aryl methyl sites for hydroxylation is 2. The third kappa shape index (κ3) is 4.90. The minimum Gasteiger partial charge on any atom is -0.493 e. The van der Waals surface area contributed by atoms with Gasteiger partial charge in [0.15, 0.2) is 11.5 Å². The van der Waals surface area contributed by atoms with Crippen molar-refractivity contribution in [1.82, 2.24) is 24.9 Å². The van der Waals surface area contributed by atoms with Crippen LogP contribution in [-0.2, 0) is 17.8 Å². The van der Waals surface area contributed by atoms with E-state index in [0.717, 1.165) is 53.7 Å². The maximum atomic E-state index is 12.7. The standard InChI is InChI=1S/C23H29N5O3/c1-16-12-17(2)28(26-16)15-23(29)27-10-8-18(14-27)20-13-19(24-25-20)9-11-31-22-7-5-4-6-21(22)30-3/h4-7,12-13,18H,8-11,14-15H2,1-3H3,(H,24,25)/t18-/m1/s1. The maximum absolute atomic E-state index is 12.7. The van der Waals surface area contributed by atoms with E-state index in [4.69, 9.17) is 9.47 Å². The van der Waals surface area contributed by atoms with Crippen LogP contribution in [-0.4, -0.2) is 57.6 Å². The molecule has 0 unspecified atom stereocenters. The highest BCUT2D eigenvalue weighted by Crippen LogP contribution is 2.28. The minimum atomic E-state index is 0.106. The molecular formula is C23H29N5O3. The number of para-hydroxylation sites is 2. The molecule has 8 heteroatoms. The van der Waals surface area contributed by atoms with E-state index in [1.165, 1.54) is 0 Å². The molecule has 0 saturated carbocycles. The Bertz CT molecular complexity index is 1040. The number of methoxy groups -OCH3 is 1. The Morgan fingerprint density at radius 3 is 2.77 bits per heavy atom. The average molecular weight is 424 g/mol. The van der Waals surface area contributed by atoms with E-state index in [1.807, 2.05) is 49.1 Å². The predicted octanol–water partition coefficient (Wildman–Crippen LogP) is 2.87. The van der Waals surface area contributed by atoms with Gasteiger partial charge in [-0.15, -0.1) is 0 Å². The van der Waals surface area contributed by atoms with Crippen LogP contribution >= 0.6 is 0 Å². The first kappa shape index (κ1) is 21.0. The van der Waals surface area contributed by atoms with E-state index in [0.29, 0.717) is 19.7 Å². The molecule has 1 saturated heterocycles. The number of nitrogens with zero attached hydrogens (tertiary/aromatic N) is 4. The van der Waals surface area contributed by atoms with Crippen LogP contribution in [0.1, 0.15) is 35.1 Å². The predicted molar refractivity (Wildman–Crippen MR) is 116 cm³/mol. The number of H-pyrrole nitrogens is 1. The van der Waals surface area contributed by atoms with E-state index in [1.54, 1.807) is 11.8 Å². The van der Waals surface area contributed by atoms with E-state index in [2.05, 4.69) is 21.4 Å². The molecule has 0 radical (unpaired) electrons. The third-order valence-electron chi connectivity index (χ3n) is 5.70. The smallest absolute Gasteiger partial charge is 0.244 e. The summed E-state index contributed by atoms with van der Waals surface area (Å²) in [6.07, 6.45) is 1.64. The zero-order valence-corrected chi connectivity index (χ0v) is 18.3. The summed E-state index contributed by atoms with van der Waals surface area (Å²) in [7, 11) is 1.64. The van der Waals surface area contributed by atoms with Crippen molar-refractivity contribution >= 4 is 5.91 Å². The molecule has 164 valence electrons. The molecule has 1 atom stereocenters. The van der Waals surface area contributed by atoms with Gasteiger partial charge in [0.25, 0.3) is 0 Å². The number of benzene rings is 1.